The fraction of sp³-hybridized carbons (Fsp3) is 0.185. The average Bonchev–Trinajstić information content (AvgIpc) is 3.20. The summed E-state index contributed by atoms with van der Waals surface area (Å²) < 4.78 is 27.0. The van der Waals surface area contributed by atoms with Crippen LogP contribution in [0, 0.1) is 19.7 Å². The topological polar surface area (TPSA) is 65.4 Å². The Labute approximate surface area is 218 Å². The number of aryl methyl sites for hydroxylation is 2. The molecule has 0 atom stereocenters. The van der Waals surface area contributed by atoms with Crippen LogP contribution < -0.4 is 14.8 Å². The fourth-order valence-electron chi connectivity index (χ4n) is 3.64. The van der Waals surface area contributed by atoms with Crippen molar-refractivity contribution in [3.8, 4) is 11.5 Å². The largest absolute Gasteiger partial charge is 0.496 e. The molecule has 0 radical (unpaired) electrons. The van der Waals surface area contributed by atoms with E-state index in [1.807, 2.05) is 32.0 Å². The van der Waals surface area contributed by atoms with E-state index in [1.54, 1.807) is 31.4 Å². The van der Waals surface area contributed by atoms with E-state index in [0.717, 1.165) is 16.9 Å². The van der Waals surface area contributed by atoms with E-state index >= 15 is 0 Å². The van der Waals surface area contributed by atoms with E-state index < -0.39 is 11.7 Å². The molecule has 0 spiro atoms. The van der Waals surface area contributed by atoms with Gasteiger partial charge in [-0.05, 0) is 61.4 Å². The number of anilines is 1. The summed E-state index contributed by atoms with van der Waals surface area (Å²) in [6.45, 7) is 4.24. The third-order valence-electron chi connectivity index (χ3n) is 5.60. The molecular weight excluding hydrogens is 504 g/mol. The standard InChI is InChI=1S/C27H24Cl2FN3O3/c1-16-7-8-17(2)25(11-16)36-15-19-12-18(9-10-24(19)35-3)27(34)31-26-22(29)14-33(32-26)13-20-21(28)5-4-6-23(20)30/h4-12,14H,13,15H2,1-3H3,(H,31,32,34). The van der Waals surface area contributed by atoms with Gasteiger partial charge in [-0.15, -0.1) is 0 Å². The Morgan fingerprint density at radius 2 is 1.86 bits per heavy atom. The zero-order valence-electron chi connectivity index (χ0n) is 19.9. The lowest BCUT2D eigenvalue weighted by molar-refractivity contribution is 0.102. The number of amides is 1. The third-order valence-corrected chi connectivity index (χ3v) is 6.23. The van der Waals surface area contributed by atoms with Gasteiger partial charge >= 0.3 is 0 Å². The highest BCUT2D eigenvalue weighted by atomic mass is 35.5. The van der Waals surface area contributed by atoms with Crippen molar-refractivity contribution in [2.24, 2.45) is 0 Å². The number of methoxy groups -OCH3 is 1. The first kappa shape index (κ1) is 25.5. The highest BCUT2D eigenvalue weighted by Gasteiger charge is 2.16. The summed E-state index contributed by atoms with van der Waals surface area (Å²) in [4.78, 5) is 13.0. The van der Waals surface area contributed by atoms with Crippen molar-refractivity contribution >= 4 is 34.9 Å². The number of ether oxygens (including phenoxy) is 2. The van der Waals surface area contributed by atoms with Gasteiger partial charge in [-0.2, -0.15) is 5.10 Å². The monoisotopic (exact) mass is 527 g/mol. The number of hydrogen-bond donors (Lipinski definition) is 1. The predicted molar refractivity (Wildman–Crippen MR) is 139 cm³/mol. The number of benzene rings is 3. The Hall–Kier alpha value is -3.55. The van der Waals surface area contributed by atoms with E-state index in [4.69, 9.17) is 32.7 Å². The minimum absolute atomic E-state index is 0.0590. The number of halogens is 3. The smallest absolute Gasteiger partial charge is 0.256 e. The van der Waals surface area contributed by atoms with Crippen LogP contribution in [0.3, 0.4) is 0 Å². The second-order valence-electron chi connectivity index (χ2n) is 8.26. The number of aromatic nitrogens is 2. The Morgan fingerprint density at radius 1 is 1.06 bits per heavy atom. The number of nitrogens with one attached hydrogen (secondary N) is 1. The molecule has 0 saturated heterocycles. The number of nitrogens with zero attached hydrogens (tertiary/aromatic N) is 2. The molecule has 1 aromatic heterocycles. The molecule has 4 aromatic rings. The van der Waals surface area contributed by atoms with Gasteiger partial charge in [0, 0.05) is 27.9 Å². The molecule has 0 aliphatic heterocycles. The highest BCUT2D eigenvalue weighted by molar-refractivity contribution is 6.33. The van der Waals surface area contributed by atoms with Crippen molar-refractivity contribution in [2.45, 2.75) is 27.0 Å². The maximum absolute atomic E-state index is 14.1. The van der Waals surface area contributed by atoms with E-state index in [2.05, 4.69) is 10.4 Å². The van der Waals surface area contributed by atoms with Gasteiger partial charge < -0.3 is 14.8 Å². The summed E-state index contributed by atoms with van der Waals surface area (Å²) >= 11 is 12.4. The van der Waals surface area contributed by atoms with Crippen molar-refractivity contribution in [3.05, 3.63) is 104 Å². The summed E-state index contributed by atoms with van der Waals surface area (Å²) in [5.41, 5.74) is 3.45. The zero-order chi connectivity index (χ0) is 25.8. The molecule has 0 aliphatic rings. The Bertz CT molecular complexity index is 1400. The predicted octanol–water partition coefficient (Wildman–Crippen LogP) is 6.83. The van der Waals surface area contributed by atoms with Gasteiger partial charge in [-0.3, -0.25) is 9.48 Å². The van der Waals surface area contributed by atoms with Crippen molar-refractivity contribution in [1.29, 1.82) is 0 Å². The summed E-state index contributed by atoms with van der Waals surface area (Å²) in [7, 11) is 1.56. The maximum atomic E-state index is 14.1. The molecule has 1 heterocycles. The van der Waals surface area contributed by atoms with Gasteiger partial charge in [-0.1, -0.05) is 41.4 Å². The van der Waals surface area contributed by atoms with Crippen molar-refractivity contribution in [3.63, 3.8) is 0 Å². The zero-order valence-corrected chi connectivity index (χ0v) is 21.5. The van der Waals surface area contributed by atoms with Crippen LogP contribution in [0.2, 0.25) is 10.0 Å². The van der Waals surface area contributed by atoms with Crippen molar-refractivity contribution in [2.75, 3.05) is 12.4 Å². The van der Waals surface area contributed by atoms with Crippen LogP contribution in [-0.4, -0.2) is 22.8 Å². The number of hydrogen-bond acceptors (Lipinski definition) is 4. The summed E-state index contributed by atoms with van der Waals surface area (Å²) in [6.07, 6.45) is 1.50. The first-order valence-corrected chi connectivity index (χ1v) is 11.8. The van der Waals surface area contributed by atoms with Crippen LogP contribution in [0.1, 0.15) is 32.6 Å². The molecule has 186 valence electrons. The van der Waals surface area contributed by atoms with Gasteiger partial charge in [-0.25, -0.2) is 4.39 Å². The van der Waals surface area contributed by atoms with Crippen LogP contribution in [-0.2, 0) is 13.2 Å². The second kappa shape index (κ2) is 11.0. The number of carbonyl (C=O) groups excluding carboxylic acids is 1. The lowest BCUT2D eigenvalue weighted by Crippen LogP contribution is -2.14. The summed E-state index contributed by atoms with van der Waals surface area (Å²) in [6, 6.07) is 15.5. The van der Waals surface area contributed by atoms with Crippen LogP contribution in [0.4, 0.5) is 10.2 Å². The van der Waals surface area contributed by atoms with E-state index in [0.29, 0.717) is 16.9 Å². The summed E-state index contributed by atoms with van der Waals surface area (Å²) in [5.74, 6) is 0.647. The highest BCUT2D eigenvalue weighted by Crippen LogP contribution is 2.27. The van der Waals surface area contributed by atoms with Crippen LogP contribution in [0.25, 0.3) is 0 Å². The molecule has 0 saturated carbocycles. The number of carbonyl (C=O) groups is 1. The third kappa shape index (κ3) is 5.80. The van der Waals surface area contributed by atoms with Crippen molar-refractivity contribution < 1.29 is 18.7 Å². The van der Waals surface area contributed by atoms with Gasteiger partial charge in [0.2, 0.25) is 0 Å². The fourth-order valence-corrected chi connectivity index (χ4v) is 4.06. The first-order valence-electron chi connectivity index (χ1n) is 11.1. The second-order valence-corrected chi connectivity index (χ2v) is 9.08. The first-order chi connectivity index (χ1) is 17.2. The van der Waals surface area contributed by atoms with Crippen molar-refractivity contribution in [1.82, 2.24) is 9.78 Å². The maximum Gasteiger partial charge on any atom is 0.256 e. The van der Waals surface area contributed by atoms with E-state index in [1.165, 1.54) is 23.0 Å². The van der Waals surface area contributed by atoms with Gasteiger partial charge in [0.05, 0.1) is 13.7 Å². The molecule has 0 fully saturated rings. The summed E-state index contributed by atoms with van der Waals surface area (Å²) in [5, 5.41) is 7.48. The molecule has 0 aliphatic carbocycles. The molecule has 36 heavy (non-hydrogen) atoms. The van der Waals surface area contributed by atoms with E-state index in [-0.39, 0.29) is 34.6 Å². The molecule has 9 heteroatoms. The Balaban J connectivity index is 1.50. The lowest BCUT2D eigenvalue weighted by atomic mass is 10.1. The minimum Gasteiger partial charge on any atom is -0.496 e. The van der Waals surface area contributed by atoms with Gasteiger partial charge in [0.25, 0.3) is 5.91 Å². The number of rotatable bonds is 8. The van der Waals surface area contributed by atoms with Gasteiger partial charge in [0.1, 0.15) is 28.9 Å². The normalized spacial score (nSPS) is 10.8. The molecule has 1 amide bonds. The molecular formula is C27H24Cl2FN3O3. The lowest BCUT2D eigenvalue weighted by Gasteiger charge is -2.14. The molecule has 4 rings (SSSR count). The van der Waals surface area contributed by atoms with Crippen LogP contribution >= 0.6 is 23.2 Å². The molecule has 3 aromatic carbocycles. The quantitative estimate of drug-likeness (QED) is 0.272. The Kier molecular flexibility index (Phi) is 7.82. The molecule has 0 unspecified atom stereocenters. The van der Waals surface area contributed by atoms with Crippen LogP contribution in [0.15, 0.2) is 60.8 Å². The molecule has 1 N–H and O–H groups in total. The van der Waals surface area contributed by atoms with E-state index in [9.17, 15) is 9.18 Å². The molecule has 6 nitrogen and oxygen atoms in total. The average molecular weight is 528 g/mol. The Morgan fingerprint density at radius 3 is 2.61 bits per heavy atom. The van der Waals surface area contributed by atoms with Gasteiger partial charge in [0.15, 0.2) is 5.82 Å². The minimum atomic E-state index is -0.450. The molecule has 0 bridgehead atoms. The SMILES string of the molecule is COc1ccc(C(=O)Nc2nn(Cc3c(F)cccc3Cl)cc2Cl)cc1COc1cc(C)ccc1C. The van der Waals surface area contributed by atoms with Crippen LogP contribution in [0.5, 0.6) is 11.5 Å².